The molecule has 0 spiro atoms. The Morgan fingerprint density at radius 3 is 2.28 bits per heavy atom. The van der Waals surface area contributed by atoms with Crippen molar-refractivity contribution in [2.45, 2.75) is 76.5 Å². The van der Waals surface area contributed by atoms with Gasteiger partial charge in [-0.15, -0.1) is 0 Å². The standard InChI is InChI=1S/C16H31NS/c1-13-10-15(2,3)11-14(13)17-12-16(18-4)8-6-5-7-9-16/h13-14,17H,5-12H2,1-4H3. The van der Waals surface area contributed by atoms with Gasteiger partial charge in [-0.1, -0.05) is 40.0 Å². The molecule has 0 radical (unpaired) electrons. The zero-order valence-corrected chi connectivity index (χ0v) is 13.5. The van der Waals surface area contributed by atoms with Crippen molar-refractivity contribution in [3.63, 3.8) is 0 Å². The van der Waals surface area contributed by atoms with Crippen LogP contribution in [0, 0.1) is 11.3 Å². The molecule has 18 heavy (non-hydrogen) atoms. The Labute approximate surface area is 118 Å². The molecular weight excluding hydrogens is 238 g/mol. The molecule has 2 heteroatoms. The fourth-order valence-corrected chi connectivity index (χ4v) is 5.06. The first-order chi connectivity index (χ1) is 8.46. The van der Waals surface area contributed by atoms with E-state index < -0.39 is 0 Å². The third-order valence-electron chi connectivity index (χ3n) is 5.22. The molecule has 2 rings (SSSR count). The van der Waals surface area contributed by atoms with Gasteiger partial charge in [-0.3, -0.25) is 0 Å². The molecule has 0 heterocycles. The lowest BCUT2D eigenvalue weighted by Gasteiger charge is -2.37. The minimum Gasteiger partial charge on any atom is -0.312 e. The molecule has 0 aromatic heterocycles. The molecule has 0 aromatic rings. The van der Waals surface area contributed by atoms with Crippen molar-refractivity contribution < 1.29 is 0 Å². The van der Waals surface area contributed by atoms with Gasteiger partial charge < -0.3 is 5.32 Å². The summed E-state index contributed by atoms with van der Waals surface area (Å²) in [6, 6.07) is 0.756. The minimum absolute atomic E-state index is 0.546. The third-order valence-corrected chi connectivity index (χ3v) is 6.64. The molecule has 2 fully saturated rings. The molecule has 2 aliphatic carbocycles. The first-order valence-electron chi connectivity index (χ1n) is 7.75. The molecule has 0 aliphatic heterocycles. The Bertz CT molecular complexity index is 268. The summed E-state index contributed by atoms with van der Waals surface area (Å²) in [5.74, 6) is 0.850. The van der Waals surface area contributed by atoms with Gasteiger partial charge in [0.1, 0.15) is 0 Å². The molecule has 0 amide bonds. The lowest BCUT2D eigenvalue weighted by Crippen LogP contribution is -2.44. The van der Waals surface area contributed by atoms with E-state index in [9.17, 15) is 0 Å². The maximum atomic E-state index is 3.93. The van der Waals surface area contributed by atoms with E-state index in [0.717, 1.165) is 12.0 Å². The molecule has 106 valence electrons. The van der Waals surface area contributed by atoms with Crippen LogP contribution in [-0.4, -0.2) is 23.6 Å². The van der Waals surface area contributed by atoms with Crippen molar-refractivity contribution in [1.29, 1.82) is 0 Å². The van der Waals surface area contributed by atoms with E-state index in [1.165, 1.54) is 51.5 Å². The van der Waals surface area contributed by atoms with Crippen molar-refractivity contribution in [1.82, 2.24) is 5.32 Å². The Morgan fingerprint density at radius 1 is 1.11 bits per heavy atom. The average Bonchev–Trinajstić information content (AvgIpc) is 2.61. The van der Waals surface area contributed by atoms with Gasteiger partial charge >= 0.3 is 0 Å². The molecule has 2 aliphatic rings. The van der Waals surface area contributed by atoms with Gasteiger partial charge in [0.05, 0.1) is 0 Å². The van der Waals surface area contributed by atoms with Gasteiger partial charge in [-0.25, -0.2) is 0 Å². The van der Waals surface area contributed by atoms with Crippen LogP contribution in [0.15, 0.2) is 0 Å². The smallest absolute Gasteiger partial charge is 0.0281 e. The van der Waals surface area contributed by atoms with E-state index in [-0.39, 0.29) is 0 Å². The zero-order valence-electron chi connectivity index (χ0n) is 12.7. The number of hydrogen-bond donors (Lipinski definition) is 1. The van der Waals surface area contributed by atoms with Crippen molar-refractivity contribution in [2.24, 2.45) is 11.3 Å². The number of rotatable bonds is 4. The van der Waals surface area contributed by atoms with E-state index >= 15 is 0 Å². The van der Waals surface area contributed by atoms with Crippen LogP contribution in [0.2, 0.25) is 0 Å². The van der Waals surface area contributed by atoms with Gasteiger partial charge in [0.25, 0.3) is 0 Å². The lowest BCUT2D eigenvalue weighted by molar-refractivity contribution is 0.334. The predicted molar refractivity (Wildman–Crippen MR) is 83.3 cm³/mol. The minimum atomic E-state index is 0.546. The third kappa shape index (κ3) is 3.45. The topological polar surface area (TPSA) is 12.0 Å². The Hall–Kier alpha value is 0.310. The number of thioether (sulfide) groups is 1. The quantitative estimate of drug-likeness (QED) is 0.808. The summed E-state index contributed by atoms with van der Waals surface area (Å²) in [5.41, 5.74) is 0.552. The summed E-state index contributed by atoms with van der Waals surface area (Å²) >= 11 is 2.12. The Balaban J connectivity index is 1.86. The summed E-state index contributed by atoms with van der Waals surface area (Å²) in [6.07, 6.45) is 12.2. The van der Waals surface area contributed by atoms with Crippen LogP contribution in [0.25, 0.3) is 0 Å². The van der Waals surface area contributed by atoms with Crippen LogP contribution in [0.4, 0.5) is 0 Å². The summed E-state index contributed by atoms with van der Waals surface area (Å²) in [5, 5.41) is 3.93. The highest BCUT2D eigenvalue weighted by molar-refractivity contribution is 8.00. The summed E-state index contributed by atoms with van der Waals surface area (Å²) in [7, 11) is 0. The van der Waals surface area contributed by atoms with Crippen LogP contribution in [-0.2, 0) is 0 Å². The van der Waals surface area contributed by atoms with Crippen molar-refractivity contribution in [2.75, 3.05) is 12.8 Å². The maximum absolute atomic E-state index is 3.93. The van der Waals surface area contributed by atoms with Crippen molar-refractivity contribution in [3.05, 3.63) is 0 Å². The molecule has 2 saturated carbocycles. The second kappa shape index (κ2) is 5.75. The highest BCUT2D eigenvalue weighted by Crippen LogP contribution is 2.42. The van der Waals surface area contributed by atoms with Crippen molar-refractivity contribution in [3.8, 4) is 0 Å². The zero-order chi connectivity index (χ0) is 13.2. The number of hydrogen-bond acceptors (Lipinski definition) is 2. The highest BCUT2D eigenvalue weighted by Gasteiger charge is 2.38. The molecule has 0 aromatic carbocycles. The van der Waals surface area contributed by atoms with Gasteiger partial charge in [0, 0.05) is 17.3 Å². The monoisotopic (exact) mass is 269 g/mol. The molecule has 0 saturated heterocycles. The molecular formula is C16H31NS. The van der Waals surface area contributed by atoms with Gasteiger partial charge in [-0.05, 0) is 43.3 Å². The molecule has 1 nitrogen and oxygen atoms in total. The predicted octanol–water partition coefficient (Wildman–Crippen LogP) is 4.47. The highest BCUT2D eigenvalue weighted by atomic mass is 32.2. The van der Waals surface area contributed by atoms with E-state index in [0.29, 0.717) is 10.2 Å². The van der Waals surface area contributed by atoms with Gasteiger partial charge in [0.2, 0.25) is 0 Å². The van der Waals surface area contributed by atoms with Crippen LogP contribution < -0.4 is 5.32 Å². The number of nitrogens with one attached hydrogen (secondary N) is 1. The molecule has 2 unspecified atom stereocenters. The van der Waals surface area contributed by atoms with Crippen LogP contribution in [0.5, 0.6) is 0 Å². The normalized spacial score (nSPS) is 34.7. The molecule has 2 atom stereocenters. The second-order valence-electron chi connectivity index (χ2n) is 7.48. The molecule has 0 bridgehead atoms. The van der Waals surface area contributed by atoms with E-state index in [4.69, 9.17) is 0 Å². The summed E-state index contributed by atoms with van der Waals surface area (Å²) < 4.78 is 0.546. The largest absolute Gasteiger partial charge is 0.312 e. The second-order valence-corrected chi connectivity index (χ2v) is 8.76. The van der Waals surface area contributed by atoms with E-state index in [1.807, 2.05) is 0 Å². The van der Waals surface area contributed by atoms with Crippen LogP contribution in [0.1, 0.15) is 65.7 Å². The Morgan fingerprint density at radius 2 is 1.78 bits per heavy atom. The van der Waals surface area contributed by atoms with E-state index in [1.54, 1.807) is 0 Å². The van der Waals surface area contributed by atoms with Gasteiger partial charge in [0.15, 0.2) is 0 Å². The van der Waals surface area contributed by atoms with Gasteiger partial charge in [-0.2, -0.15) is 11.8 Å². The van der Waals surface area contributed by atoms with Crippen LogP contribution >= 0.6 is 11.8 Å². The average molecular weight is 269 g/mol. The first kappa shape index (κ1) is 14.7. The fraction of sp³-hybridized carbons (Fsp3) is 1.00. The van der Waals surface area contributed by atoms with Crippen LogP contribution in [0.3, 0.4) is 0 Å². The van der Waals surface area contributed by atoms with Crippen molar-refractivity contribution >= 4 is 11.8 Å². The summed E-state index contributed by atoms with van der Waals surface area (Å²) in [6.45, 7) is 8.52. The lowest BCUT2D eigenvalue weighted by atomic mass is 9.87. The fourth-order valence-electron chi connectivity index (χ4n) is 4.13. The summed E-state index contributed by atoms with van der Waals surface area (Å²) in [4.78, 5) is 0. The SMILES string of the molecule is CSC1(CNC2CC(C)(C)CC2C)CCCCC1. The maximum Gasteiger partial charge on any atom is 0.0281 e. The first-order valence-corrected chi connectivity index (χ1v) is 8.97. The molecule has 1 N–H and O–H groups in total. The Kier molecular flexibility index (Phi) is 4.70. The van der Waals surface area contributed by atoms with E-state index in [2.05, 4.69) is 44.1 Å².